The smallest absolute Gasteiger partial charge is 0.0267 e. The van der Waals surface area contributed by atoms with Gasteiger partial charge in [0.1, 0.15) is 0 Å². The van der Waals surface area contributed by atoms with Gasteiger partial charge in [0.15, 0.2) is 0 Å². The molecule has 0 aliphatic carbocycles. The van der Waals surface area contributed by atoms with Gasteiger partial charge < -0.3 is 0 Å². The Bertz CT molecular complexity index is 179. The Morgan fingerprint density at radius 1 is 1.33 bits per heavy atom. The van der Waals surface area contributed by atoms with Crippen molar-refractivity contribution in [3.05, 3.63) is 35.9 Å². The van der Waals surface area contributed by atoms with Crippen molar-refractivity contribution in [3.63, 3.8) is 0 Å². The lowest BCUT2D eigenvalue weighted by Gasteiger charge is -1.93. The zero-order valence-corrected chi connectivity index (χ0v) is 5.67. The fourth-order valence-electron chi connectivity index (χ4n) is 0.850. The summed E-state index contributed by atoms with van der Waals surface area (Å²) in [5, 5.41) is 0. The first kappa shape index (κ1) is 5.04. The molecule has 48 valence electrons. The van der Waals surface area contributed by atoms with Crippen molar-refractivity contribution in [3.8, 4) is 0 Å². The molecule has 0 heterocycles. The molecule has 0 heteroatoms. The third-order valence-corrected chi connectivity index (χ3v) is 1.28. The molecule has 0 bridgehead atoms. The third-order valence-electron chi connectivity index (χ3n) is 1.28. The van der Waals surface area contributed by atoms with E-state index in [1.165, 1.54) is 5.56 Å². The maximum Gasteiger partial charge on any atom is 0.0267 e. The third kappa shape index (κ3) is 1.88. The molecule has 1 unspecified atom stereocenters. The van der Waals surface area contributed by atoms with Crippen LogP contribution < -0.4 is 0 Å². The van der Waals surface area contributed by atoms with Crippen LogP contribution in [0, 0.1) is 0 Å². The second-order valence-electron chi connectivity index (χ2n) is 2.10. The molecule has 0 aliphatic heterocycles. The van der Waals surface area contributed by atoms with E-state index < -0.39 is 0 Å². The molecule has 0 aliphatic rings. The molecule has 1 rings (SSSR count). The molecule has 0 aromatic heterocycles. The van der Waals surface area contributed by atoms with Gasteiger partial charge >= 0.3 is 0 Å². The molecule has 0 N–H and O–H groups in total. The van der Waals surface area contributed by atoms with Crippen LogP contribution in [0.2, 0.25) is 0 Å². The summed E-state index contributed by atoms with van der Waals surface area (Å²) in [6.45, 7) is 1.91. The van der Waals surface area contributed by atoms with Crippen LogP contribution >= 0.6 is 0 Å². The Balaban J connectivity index is 2.59. The van der Waals surface area contributed by atoms with E-state index >= 15 is 0 Å². The molecule has 0 amide bonds. The summed E-state index contributed by atoms with van der Waals surface area (Å²) in [6, 6.07) is 10.1. The maximum absolute atomic E-state index is 7.32. The maximum atomic E-state index is 7.32. The first-order chi connectivity index (χ1) is 4.79. The minimum Gasteiger partial charge on any atom is -0.0651 e. The van der Waals surface area contributed by atoms with Crippen molar-refractivity contribution in [2.45, 2.75) is 19.7 Å². The predicted molar refractivity (Wildman–Crippen MR) is 40.4 cm³/mol. The molecule has 1 aromatic rings. The monoisotopic (exact) mass is 121 g/mol. The highest BCUT2D eigenvalue weighted by molar-refractivity contribution is 5.14. The molecular formula is C9H12. The van der Waals surface area contributed by atoms with Gasteiger partial charge in [0.05, 0.1) is 0 Å². The van der Waals surface area contributed by atoms with E-state index in [0.29, 0.717) is 0 Å². The molecule has 1 atom stereocenters. The van der Waals surface area contributed by atoms with Gasteiger partial charge in [-0.25, -0.2) is 0 Å². The van der Waals surface area contributed by atoms with Crippen molar-refractivity contribution in [2.75, 3.05) is 0 Å². The Labute approximate surface area is 57.9 Å². The Morgan fingerprint density at radius 2 is 2.00 bits per heavy atom. The van der Waals surface area contributed by atoms with Gasteiger partial charge in [-0.05, 0) is 12.0 Å². The molecular weight excluding hydrogens is 108 g/mol. The van der Waals surface area contributed by atoms with Gasteiger partial charge in [0, 0.05) is 1.37 Å². The minimum atomic E-state index is 0.0161. The summed E-state index contributed by atoms with van der Waals surface area (Å²) in [4.78, 5) is 0. The van der Waals surface area contributed by atoms with Crippen LogP contribution in [0.3, 0.4) is 0 Å². The lowest BCUT2D eigenvalue weighted by Crippen LogP contribution is -1.78. The standard InChI is InChI=1S/C9H12/c1-2-6-9-7-4-3-5-8-9/h3-5,7-8H,2,6H2,1H3/i2D. The van der Waals surface area contributed by atoms with Gasteiger partial charge in [-0.15, -0.1) is 0 Å². The summed E-state index contributed by atoms with van der Waals surface area (Å²) in [7, 11) is 0. The Hall–Kier alpha value is -0.780. The zero-order chi connectivity index (χ0) is 7.40. The highest BCUT2D eigenvalue weighted by Crippen LogP contribution is 2.00. The van der Waals surface area contributed by atoms with Crippen molar-refractivity contribution >= 4 is 0 Å². The average Bonchev–Trinajstić information content (AvgIpc) is 1.88. The van der Waals surface area contributed by atoms with Crippen molar-refractivity contribution in [2.24, 2.45) is 0 Å². The van der Waals surface area contributed by atoms with Crippen LogP contribution in [0.15, 0.2) is 30.3 Å². The fraction of sp³-hybridized carbons (Fsp3) is 0.333. The predicted octanol–water partition coefficient (Wildman–Crippen LogP) is 2.64. The molecule has 1 aromatic carbocycles. The normalized spacial score (nSPS) is 14.6. The molecule has 0 spiro atoms. The van der Waals surface area contributed by atoms with Gasteiger partial charge in [-0.3, -0.25) is 0 Å². The van der Waals surface area contributed by atoms with Crippen molar-refractivity contribution in [1.82, 2.24) is 0 Å². The molecule has 0 fully saturated rings. The number of aryl methyl sites for hydroxylation is 1. The summed E-state index contributed by atoms with van der Waals surface area (Å²) in [5.41, 5.74) is 1.25. The summed E-state index contributed by atoms with van der Waals surface area (Å²) in [6.07, 6.45) is 0.878. The number of rotatable bonds is 2. The van der Waals surface area contributed by atoms with Crippen LogP contribution in [0.5, 0.6) is 0 Å². The van der Waals surface area contributed by atoms with Crippen LogP contribution in [-0.2, 0) is 6.42 Å². The largest absolute Gasteiger partial charge is 0.0651 e. The summed E-state index contributed by atoms with van der Waals surface area (Å²) >= 11 is 0. The van der Waals surface area contributed by atoms with Crippen molar-refractivity contribution in [1.29, 1.82) is 0 Å². The zero-order valence-electron chi connectivity index (χ0n) is 6.67. The highest BCUT2D eigenvalue weighted by atomic mass is 13.9. The van der Waals surface area contributed by atoms with Gasteiger partial charge in [-0.1, -0.05) is 43.7 Å². The highest BCUT2D eigenvalue weighted by Gasteiger charge is 1.84. The molecule has 9 heavy (non-hydrogen) atoms. The topological polar surface area (TPSA) is 0 Å². The van der Waals surface area contributed by atoms with E-state index in [4.69, 9.17) is 1.37 Å². The fourth-order valence-corrected chi connectivity index (χ4v) is 0.850. The van der Waals surface area contributed by atoms with Crippen LogP contribution in [0.1, 0.15) is 20.3 Å². The second-order valence-corrected chi connectivity index (χ2v) is 2.10. The molecule has 0 saturated carbocycles. The number of benzene rings is 1. The van der Waals surface area contributed by atoms with E-state index in [9.17, 15) is 0 Å². The lowest BCUT2D eigenvalue weighted by molar-refractivity contribution is 0.922. The quantitative estimate of drug-likeness (QED) is 0.564. The SMILES string of the molecule is [2H]C(C)Cc1ccccc1. The van der Waals surface area contributed by atoms with E-state index in [1.54, 1.807) is 0 Å². The van der Waals surface area contributed by atoms with Crippen LogP contribution in [0.4, 0.5) is 0 Å². The number of hydrogen-bond acceptors (Lipinski definition) is 0. The van der Waals surface area contributed by atoms with Gasteiger partial charge in [0.25, 0.3) is 0 Å². The Kier molecular flexibility index (Phi) is 1.84. The van der Waals surface area contributed by atoms with Crippen LogP contribution in [-0.4, -0.2) is 0 Å². The average molecular weight is 121 g/mol. The molecule has 0 radical (unpaired) electrons. The Morgan fingerprint density at radius 3 is 2.56 bits per heavy atom. The van der Waals surface area contributed by atoms with Gasteiger partial charge in [-0.2, -0.15) is 0 Å². The van der Waals surface area contributed by atoms with E-state index in [-0.39, 0.29) is 6.40 Å². The summed E-state index contributed by atoms with van der Waals surface area (Å²) in [5.74, 6) is 0. The summed E-state index contributed by atoms with van der Waals surface area (Å²) < 4.78 is 7.32. The number of hydrogen-bond donors (Lipinski definition) is 0. The second kappa shape index (κ2) is 3.29. The van der Waals surface area contributed by atoms with E-state index in [0.717, 1.165) is 6.42 Å². The lowest BCUT2D eigenvalue weighted by atomic mass is 10.1. The molecule has 0 saturated heterocycles. The first-order valence-electron chi connectivity index (χ1n) is 3.83. The van der Waals surface area contributed by atoms with Crippen molar-refractivity contribution < 1.29 is 1.37 Å². The van der Waals surface area contributed by atoms with E-state index in [2.05, 4.69) is 12.1 Å². The molecule has 0 nitrogen and oxygen atoms in total. The minimum absolute atomic E-state index is 0.0161. The first-order valence-corrected chi connectivity index (χ1v) is 3.25. The van der Waals surface area contributed by atoms with Gasteiger partial charge in [0.2, 0.25) is 0 Å². The van der Waals surface area contributed by atoms with Crippen LogP contribution in [0.25, 0.3) is 0 Å². The van der Waals surface area contributed by atoms with E-state index in [1.807, 2.05) is 25.1 Å².